The van der Waals surface area contributed by atoms with Crippen LogP contribution in [0.3, 0.4) is 0 Å². The standard InChI is InChI=1S/C17H23N5O3/c1-11(2)16-20-14(25-21-16)5-6-15(23)22-9-3-4-12(10-22)13-7-8-18-17(24)19-13/h7-8,11-12H,3-6,9-10H2,1-2H3,(H,18,19,24)/t12-/m0/s1. The highest BCUT2D eigenvalue weighted by Crippen LogP contribution is 2.25. The summed E-state index contributed by atoms with van der Waals surface area (Å²) >= 11 is 0. The van der Waals surface area contributed by atoms with Crippen LogP contribution < -0.4 is 5.69 Å². The smallest absolute Gasteiger partial charge is 0.342 e. The summed E-state index contributed by atoms with van der Waals surface area (Å²) in [5.41, 5.74) is 0.495. The van der Waals surface area contributed by atoms with Gasteiger partial charge in [-0.05, 0) is 18.9 Å². The summed E-state index contributed by atoms with van der Waals surface area (Å²) in [7, 11) is 0. The lowest BCUT2D eigenvalue weighted by Gasteiger charge is -2.32. The molecule has 0 radical (unpaired) electrons. The number of hydrogen-bond donors (Lipinski definition) is 1. The molecule has 8 nitrogen and oxygen atoms in total. The van der Waals surface area contributed by atoms with E-state index >= 15 is 0 Å². The zero-order valence-corrected chi connectivity index (χ0v) is 14.6. The molecule has 8 heteroatoms. The number of nitrogens with zero attached hydrogens (tertiary/aromatic N) is 4. The van der Waals surface area contributed by atoms with E-state index in [2.05, 4.69) is 20.1 Å². The number of aromatic nitrogens is 4. The summed E-state index contributed by atoms with van der Waals surface area (Å²) in [5.74, 6) is 1.60. The summed E-state index contributed by atoms with van der Waals surface area (Å²) in [5, 5.41) is 3.92. The average Bonchev–Trinajstić information content (AvgIpc) is 3.09. The summed E-state index contributed by atoms with van der Waals surface area (Å²) in [6, 6.07) is 1.81. The number of aryl methyl sites for hydroxylation is 1. The SMILES string of the molecule is CC(C)c1noc(CCC(=O)N2CCC[C@H](c3ccnc(=O)[nH]3)C2)n1. The minimum atomic E-state index is -0.349. The van der Waals surface area contributed by atoms with Crippen LogP contribution >= 0.6 is 0 Å². The van der Waals surface area contributed by atoms with Crippen molar-refractivity contribution < 1.29 is 9.32 Å². The molecule has 0 saturated carbocycles. The van der Waals surface area contributed by atoms with Crippen LogP contribution in [0.4, 0.5) is 0 Å². The Balaban J connectivity index is 1.57. The largest absolute Gasteiger partial charge is 0.345 e. The van der Waals surface area contributed by atoms with Gasteiger partial charge < -0.3 is 14.4 Å². The fourth-order valence-electron chi connectivity index (χ4n) is 3.05. The van der Waals surface area contributed by atoms with Crippen LogP contribution in [0.25, 0.3) is 0 Å². The number of hydrogen-bond acceptors (Lipinski definition) is 6. The molecule has 2 aromatic rings. The second-order valence-electron chi connectivity index (χ2n) is 6.71. The Kier molecular flexibility index (Phi) is 5.25. The van der Waals surface area contributed by atoms with E-state index in [-0.39, 0.29) is 23.4 Å². The monoisotopic (exact) mass is 345 g/mol. The van der Waals surface area contributed by atoms with E-state index in [0.29, 0.717) is 31.1 Å². The molecule has 0 aromatic carbocycles. The van der Waals surface area contributed by atoms with Gasteiger partial charge in [0, 0.05) is 49.7 Å². The van der Waals surface area contributed by atoms with E-state index in [1.54, 1.807) is 0 Å². The molecule has 25 heavy (non-hydrogen) atoms. The van der Waals surface area contributed by atoms with Crippen LogP contribution in [0.2, 0.25) is 0 Å². The van der Waals surface area contributed by atoms with Gasteiger partial charge in [-0.3, -0.25) is 4.79 Å². The van der Waals surface area contributed by atoms with E-state index in [1.807, 2.05) is 24.8 Å². The molecule has 1 atom stereocenters. The molecule has 0 spiro atoms. The summed E-state index contributed by atoms with van der Waals surface area (Å²) in [6.45, 7) is 5.35. The topological polar surface area (TPSA) is 105 Å². The Morgan fingerprint density at radius 2 is 2.32 bits per heavy atom. The van der Waals surface area contributed by atoms with Crippen molar-refractivity contribution in [1.82, 2.24) is 25.0 Å². The molecule has 1 aliphatic rings. The molecule has 0 aliphatic carbocycles. The van der Waals surface area contributed by atoms with Crippen molar-refractivity contribution in [2.75, 3.05) is 13.1 Å². The molecule has 134 valence electrons. The molecule has 2 aromatic heterocycles. The maximum Gasteiger partial charge on any atom is 0.345 e. The molecule has 1 fully saturated rings. The van der Waals surface area contributed by atoms with Crippen molar-refractivity contribution in [2.45, 2.75) is 51.4 Å². The molecule has 3 heterocycles. The first kappa shape index (κ1) is 17.3. The van der Waals surface area contributed by atoms with Crippen molar-refractivity contribution in [3.05, 3.63) is 40.2 Å². The number of aromatic amines is 1. The van der Waals surface area contributed by atoms with Crippen molar-refractivity contribution in [3.63, 3.8) is 0 Å². The molecular weight excluding hydrogens is 322 g/mol. The number of carbonyl (C=O) groups is 1. The first-order valence-corrected chi connectivity index (χ1v) is 8.68. The third-order valence-corrected chi connectivity index (χ3v) is 4.46. The maximum absolute atomic E-state index is 12.5. The lowest BCUT2D eigenvalue weighted by molar-refractivity contribution is -0.132. The van der Waals surface area contributed by atoms with E-state index in [1.165, 1.54) is 6.20 Å². The Bertz CT molecular complexity index is 782. The maximum atomic E-state index is 12.5. The molecule has 0 bridgehead atoms. The van der Waals surface area contributed by atoms with Crippen LogP contribution in [0.15, 0.2) is 21.6 Å². The highest BCUT2D eigenvalue weighted by atomic mass is 16.5. The number of amides is 1. The summed E-state index contributed by atoms with van der Waals surface area (Å²) < 4.78 is 5.19. The van der Waals surface area contributed by atoms with Gasteiger partial charge >= 0.3 is 5.69 Å². The van der Waals surface area contributed by atoms with E-state index in [9.17, 15) is 9.59 Å². The first-order valence-electron chi connectivity index (χ1n) is 8.68. The van der Waals surface area contributed by atoms with Crippen LogP contribution in [0.1, 0.15) is 62.4 Å². The minimum absolute atomic E-state index is 0.0744. The Morgan fingerprint density at radius 1 is 1.48 bits per heavy atom. The van der Waals surface area contributed by atoms with Gasteiger partial charge in [0.15, 0.2) is 5.82 Å². The van der Waals surface area contributed by atoms with Crippen molar-refractivity contribution >= 4 is 5.91 Å². The predicted molar refractivity (Wildman–Crippen MR) is 90.1 cm³/mol. The van der Waals surface area contributed by atoms with E-state index in [0.717, 1.165) is 25.1 Å². The molecule has 1 saturated heterocycles. The minimum Gasteiger partial charge on any atom is -0.342 e. The van der Waals surface area contributed by atoms with Gasteiger partial charge in [-0.2, -0.15) is 4.98 Å². The van der Waals surface area contributed by atoms with Crippen LogP contribution in [0, 0.1) is 0 Å². The molecule has 1 N–H and O–H groups in total. The first-order chi connectivity index (χ1) is 12.0. The quantitative estimate of drug-likeness (QED) is 0.883. The van der Waals surface area contributed by atoms with E-state index < -0.39 is 0 Å². The predicted octanol–water partition coefficient (Wildman–Crippen LogP) is 1.62. The van der Waals surface area contributed by atoms with E-state index in [4.69, 9.17) is 4.52 Å². The van der Waals surface area contributed by atoms with Crippen molar-refractivity contribution in [3.8, 4) is 0 Å². The number of nitrogens with one attached hydrogen (secondary N) is 1. The normalized spacial score (nSPS) is 17.9. The van der Waals surface area contributed by atoms with Crippen LogP contribution in [-0.2, 0) is 11.2 Å². The lowest BCUT2D eigenvalue weighted by atomic mass is 9.94. The third kappa shape index (κ3) is 4.32. The highest BCUT2D eigenvalue weighted by Gasteiger charge is 2.25. The van der Waals surface area contributed by atoms with Gasteiger partial charge in [-0.1, -0.05) is 19.0 Å². The highest BCUT2D eigenvalue weighted by molar-refractivity contribution is 5.76. The Hall–Kier alpha value is -2.51. The Labute approximate surface area is 145 Å². The number of rotatable bonds is 5. The third-order valence-electron chi connectivity index (χ3n) is 4.46. The van der Waals surface area contributed by atoms with Gasteiger partial charge in [0.2, 0.25) is 11.8 Å². The second-order valence-corrected chi connectivity index (χ2v) is 6.71. The number of likely N-dealkylation sites (tertiary alicyclic amines) is 1. The Morgan fingerprint density at radius 3 is 3.04 bits per heavy atom. The zero-order valence-electron chi connectivity index (χ0n) is 14.6. The van der Waals surface area contributed by atoms with Crippen molar-refractivity contribution in [2.24, 2.45) is 0 Å². The summed E-state index contributed by atoms with van der Waals surface area (Å²) in [6.07, 6.45) is 4.17. The van der Waals surface area contributed by atoms with Crippen LogP contribution in [-0.4, -0.2) is 44.0 Å². The van der Waals surface area contributed by atoms with Crippen molar-refractivity contribution in [1.29, 1.82) is 0 Å². The van der Waals surface area contributed by atoms with Crippen LogP contribution in [0.5, 0.6) is 0 Å². The number of H-pyrrole nitrogens is 1. The van der Waals surface area contributed by atoms with Gasteiger partial charge in [-0.25, -0.2) is 9.78 Å². The molecule has 3 rings (SSSR count). The van der Waals surface area contributed by atoms with Gasteiger partial charge in [0.25, 0.3) is 0 Å². The fourth-order valence-corrected chi connectivity index (χ4v) is 3.05. The molecule has 0 unspecified atom stereocenters. The van der Waals surface area contributed by atoms with Gasteiger partial charge in [0.05, 0.1) is 0 Å². The number of piperidine rings is 1. The zero-order chi connectivity index (χ0) is 17.8. The van der Waals surface area contributed by atoms with Gasteiger partial charge in [0.1, 0.15) is 0 Å². The summed E-state index contributed by atoms with van der Waals surface area (Å²) in [4.78, 5) is 36.5. The fraction of sp³-hybridized carbons (Fsp3) is 0.588. The molecular formula is C17H23N5O3. The molecule has 1 amide bonds. The number of carbonyl (C=O) groups excluding carboxylic acids is 1. The lowest BCUT2D eigenvalue weighted by Crippen LogP contribution is -2.39. The van der Waals surface area contributed by atoms with Gasteiger partial charge in [-0.15, -0.1) is 0 Å². The molecule has 1 aliphatic heterocycles. The second kappa shape index (κ2) is 7.58. The average molecular weight is 345 g/mol.